The molecule has 0 spiro atoms. The maximum absolute atomic E-state index is 13.3. The number of aromatic amines is 1. The van der Waals surface area contributed by atoms with E-state index in [4.69, 9.17) is 0 Å². The van der Waals surface area contributed by atoms with Gasteiger partial charge in [-0.05, 0) is 55.5 Å². The summed E-state index contributed by atoms with van der Waals surface area (Å²) in [6.07, 6.45) is 6.53. The fourth-order valence-electron chi connectivity index (χ4n) is 3.35. The van der Waals surface area contributed by atoms with E-state index in [-0.39, 0.29) is 23.7 Å². The molecule has 0 saturated heterocycles. The first-order valence-electron chi connectivity index (χ1n) is 8.26. The molecular formula is C19H18FN3O2. The summed E-state index contributed by atoms with van der Waals surface area (Å²) in [6.45, 7) is 2.04. The lowest BCUT2D eigenvalue weighted by molar-refractivity contribution is -0.138. The van der Waals surface area contributed by atoms with Crippen LogP contribution in [-0.4, -0.2) is 27.3 Å². The zero-order chi connectivity index (χ0) is 17.6. The average Bonchev–Trinajstić information content (AvgIpc) is 3.27. The summed E-state index contributed by atoms with van der Waals surface area (Å²) in [4.78, 5) is 11.3. The van der Waals surface area contributed by atoms with Crippen molar-refractivity contribution in [2.75, 3.05) is 0 Å². The summed E-state index contributed by atoms with van der Waals surface area (Å²) in [5.41, 5.74) is 4.26. The van der Waals surface area contributed by atoms with Crippen molar-refractivity contribution >= 4 is 11.5 Å². The number of carboxylic acids is 1. The highest BCUT2D eigenvalue weighted by Crippen LogP contribution is 2.50. The molecule has 0 bridgehead atoms. The predicted octanol–water partition coefficient (Wildman–Crippen LogP) is 3.29. The van der Waals surface area contributed by atoms with E-state index in [1.165, 1.54) is 12.1 Å². The number of hydrogen-bond donors (Lipinski definition) is 3. The monoisotopic (exact) mass is 339 g/mol. The van der Waals surface area contributed by atoms with Crippen molar-refractivity contribution in [1.29, 1.82) is 0 Å². The van der Waals surface area contributed by atoms with E-state index in [0.717, 1.165) is 28.1 Å². The average molecular weight is 339 g/mol. The largest absolute Gasteiger partial charge is 0.481 e. The molecular weight excluding hydrogens is 321 g/mol. The summed E-state index contributed by atoms with van der Waals surface area (Å²) >= 11 is 0. The molecule has 1 aromatic carbocycles. The number of hydrogen-bond acceptors (Lipinski definition) is 3. The van der Waals surface area contributed by atoms with Gasteiger partial charge in [0.2, 0.25) is 0 Å². The molecule has 1 aromatic heterocycles. The molecule has 2 heterocycles. The molecule has 5 nitrogen and oxygen atoms in total. The molecule has 2 aromatic rings. The van der Waals surface area contributed by atoms with Gasteiger partial charge in [0.05, 0.1) is 5.92 Å². The fourth-order valence-corrected chi connectivity index (χ4v) is 3.35. The molecule has 1 aliphatic heterocycles. The summed E-state index contributed by atoms with van der Waals surface area (Å²) in [7, 11) is 0. The summed E-state index contributed by atoms with van der Waals surface area (Å²) in [5, 5.41) is 19.9. The minimum Gasteiger partial charge on any atom is -0.481 e. The number of dihydropyridines is 1. The zero-order valence-electron chi connectivity index (χ0n) is 13.7. The second kappa shape index (κ2) is 5.88. The Morgan fingerprint density at radius 1 is 1.32 bits per heavy atom. The molecule has 3 N–H and O–H groups in total. The summed E-state index contributed by atoms with van der Waals surface area (Å²) < 4.78 is 13.3. The first-order chi connectivity index (χ1) is 12.0. The predicted molar refractivity (Wildman–Crippen MR) is 92.2 cm³/mol. The lowest BCUT2D eigenvalue weighted by Crippen LogP contribution is -2.20. The van der Waals surface area contributed by atoms with Crippen LogP contribution in [0, 0.1) is 11.7 Å². The molecule has 3 unspecified atom stereocenters. The van der Waals surface area contributed by atoms with Crippen LogP contribution in [0.5, 0.6) is 0 Å². The number of carboxylic acid groups (broad SMARTS) is 1. The van der Waals surface area contributed by atoms with E-state index in [0.29, 0.717) is 6.42 Å². The zero-order valence-corrected chi connectivity index (χ0v) is 13.7. The number of rotatable bonds is 4. The van der Waals surface area contributed by atoms with Gasteiger partial charge in [0.15, 0.2) is 0 Å². The molecule has 2 aliphatic rings. The van der Waals surface area contributed by atoms with Crippen molar-refractivity contribution in [3.05, 3.63) is 59.7 Å². The maximum atomic E-state index is 13.3. The fraction of sp³-hybridized carbons (Fsp3) is 0.263. The van der Waals surface area contributed by atoms with Crippen molar-refractivity contribution in [2.45, 2.75) is 25.3 Å². The minimum absolute atomic E-state index is 0.0614. The van der Waals surface area contributed by atoms with Gasteiger partial charge in [-0.3, -0.25) is 9.89 Å². The van der Waals surface area contributed by atoms with E-state index in [2.05, 4.69) is 21.6 Å². The van der Waals surface area contributed by atoms with E-state index in [9.17, 15) is 14.3 Å². The molecule has 3 atom stereocenters. The molecule has 0 radical (unpaired) electrons. The Morgan fingerprint density at radius 2 is 2.08 bits per heavy atom. The molecule has 0 amide bonds. The first kappa shape index (κ1) is 15.6. The van der Waals surface area contributed by atoms with E-state index < -0.39 is 5.97 Å². The Kier molecular flexibility index (Phi) is 3.67. The Bertz CT molecular complexity index is 883. The van der Waals surface area contributed by atoms with Crippen LogP contribution >= 0.6 is 0 Å². The number of aliphatic carboxylic acids is 1. The third kappa shape index (κ3) is 2.84. The number of aromatic nitrogens is 2. The van der Waals surface area contributed by atoms with Crippen LogP contribution in [0.2, 0.25) is 0 Å². The van der Waals surface area contributed by atoms with Crippen LogP contribution in [0.4, 0.5) is 4.39 Å². The third-order valence-electron chi connectivity index (χ3n) is 4.73. The van der Waals surface area contributed by atoms with Gasteiger partial charge in [-0.25, -0.2) is 4.39 Å². The first-order valence-corrected chi connectivity index (χ1v) is 8.26. The number of nitrogens with zero attached hydrogens (tertiary/aromatic N) is 1. The lowest BCUT2D eigenvalue weighted by atomic mass is 9.94. The Morgan fingerprint density at radius 3 is 2.72 bits per heavy atom. The number of benzene rings is 1. The number of nitrogens with one attached hydrogen (secondary N) is 2. The standard InChI is InChI=1S/C19H18FN3O2/c1-10-8-12(6-7-21-10)16-17(11-2-4-13(20)5-3-11)22-23-18(16)14-9-15(14)19(24)25/h2-8,10,14-15,21H,9H2,1H3,(H,22,23)(H,24,25). The second-order valence-corrected chi connectivity index (χ2v) is 6.57. The van der Waals surface area contributed by atoms with Crippen LogP contribution in [0.25, 0.3) is 16.8 Å². The maximum Gasteiger partial charge on any atom is 0.307 e. The van der Waals surface area contributed by atoms with Gasteiger partial charge in [-0.2, -0.15) is 5.10 Å². The Balaban J connectivity index is 1.82. The van der Waals surface area contributed by atoms with Crippen molar-refractivity contribution in [1.82, 2.24) is 15.5 Å². The summed E-state index contributed by atoms with van der Waals surface area (Å²) in [6, 6.07) is 6.35. The highest BCUT2D eigenvalue weighted by atomic mass is 19.1. The lowest BCUT2D eigenvalue weighted by Gasteiger charge is -2.16. The van der Waals surface area contributed by atoms with Crippen molar-refractivity contribution in [3.8, 4) is 11.3 Å². The van der Waals surface area contributed by atoms with Crippen LogP contribution in [0.15, 0.2) is 42.6 Å². The number of H-pyrrole nitrogens is 1. The van der Waals surface area contributed by atoms with E-state index in [1.807, 2.05) is 19.2 Å². The molecule has 6 heteroatoms. The number of halogens is 1. The van der Waals surface area contributed by atoms with Crippen LogP contribution in [-0.2, 0) is 4.79 Å². The van der Waals surface area contributed by atoms with Crippen LogP contribution in [0.3, 0.4) is 0 Å². The highest BCUT2D eigenvalue weighted by molar-refractivity contribution is 5.87. The van der Waals surface area contributed by atoms with E-state index in [1.54, 1.807) is 12.1 Å². The van der Waals surface area contributed by atoms with Gasteiger partial charge in [-0.1, -0.05) is 6.08 Å². The van der Waals surface area contributed by atoms with Crippen LogP contribution in [0.1, 0.15) is 30.5 Å². The van der Waals surface area contributed by atoms with Crippen molar-refractivity contribution < 1.29 is 14.3 Å². The topological polar surface area (TPSA) is 78.0 Å². The molecule has 1 aliphatic carbocycles. The molecule has 1 saturated carbocycles. The molecule has 128 valence electrons. The van der Waals surface area contributed by atoms with Gasteiger partial charge in [0.25, 0.3) is 0 Å². The van der Waals surface area contributed by atoms with Crippen molar-refractivity contribution in [3.63, 3.8) is 0 Å². The van der Waals surface area contributed by atoms with E-state index >= 15 is 0 Å². The van der Waals surface area contributed by atoms with Gasteiger partial charge in [0, 0.05) is 28.8 Å². The Hall–Kier alpha value is -2.89. The minimum atomic E-state index is -0.780. The third-order valence-corrected chi connectivity index (χ3v) is 4.73. The van der Waals surface area contributed by atoms with Gasteiger partial charge in [0.1, 0.15) is 11.5 Å². The highest BCUT2D eigenvalue weighted by Gasteiger charge is 2.47. The molecule has 25 heavy (non-hydrogen) atoms. The van der Waals surface area contributed by atoms with Crippen molar-refractivity contribution in [2.24, 2.45) is 5.92 Å². The molecule has 4 rings (SSSR count). The smallest absolute Gasteiger partial charge is 0.307 e. The summed E-state index contributed by atoms with van der Waals surface area (Å²) in [5.74, 6) is -1.52. The Labute approximate surface area is 144 Å². The number of allylic oxidation sites excluding steroid dienone is 2. The second-order valence-electron chi connectivity index (χ2n) is 6.57. The normalized spacial score (nSPS) is 24.6. The molecule has 1 fully saturated rings. The van der Waals surface area contributed by atoms with Crippen LogP contribution < -0.4 is 5.32 Å². The quantitative estimate of drug-likeness (QED) is 0.799. The van der Waals surface area contributed by atoms with Gasteiger partial charge < -0.3 is 10.4 Å². The SMILES string of the molecule is CC1C=C(c2c(-c3ccc(F)cc3)n[nH]c2C2CC2C(=O)O)C=CN1. The number of carbonyl (C=O) groups is 1. The van der Waals surface area contributed by atoms with Gasteiger partial charge in [-0.15, -0.1) is 0 Å². The van der Waals surface area contributed by atoms with Gasteiger partial charge >= 0.3 is 5.97 Å².